The summed E-state index contributed by atoms with van der Waals surface area (Å²) >= 11 is 0. The van der Waals surface area contributed by atoms with Crippen molar-refractivity contribution >= 4 is 39.7 Å². The molecule has 0 spiro atoms. The van der Waals surface area contributed by atoms with Crippen molar-refractivity contribution in [3.05, 3.63) is 54.1 Å². The van der Waals surface area contributed by atoms with Crippen LogP contribution < -0.4 is 15.8 Å². The van der Waals surface area contributed by atoms with Crippen molar-refractivity contribution < 1.29 is 13.2 Å². The van der Waals surface area contributed by atoms with E-state index in [9.17, 15) is 13.2 Å². The van der Waals surface area contributed by atoms with Gasteiger partial charge in [-0.1, -0.05) is 31.0 Å². The van der Waals surface area contributed by atoms with Gasteiger partial charge in [-0.05, 0) is 43.2 Å². The highest BCUT2D eigenvalue weighted by Gasteiger charge is 2.23. The lowest BCUT2D eigenvalue weighted by molar-refractivity contribution is 0.102. The molecule has 6 nitrogen and oxygen atoms in total. The quantitative estimate of drug-likeness (QED) is 0.676. The summed E-state index contributed by atoms with van der Waals surface area (Å²) in [6.45, 7) is 0. The van der Waals surface area contributed by atoms with Crippen molar-refractivity contribution in [2.75, 3.05) is 11.1 Å². The molecular weight excluding hydrogens is 374 g/mol. The first-order valence-electron chi connectivity index (χ1n) is 8.24. The summed E-state index contributed by atoms with van der Waals surface area (Å²) in [5, 5.41) is 2.70. The largest absolute Gasteiger partial charge is 0.397 e. The molecule has 0 saturated heterocycles. The number of halogens is 1. The molecule has 4 N–H and O–H groups in total. The lowest BCUT2D eigenvalue weighted by atomic mass is 10.2. The topological polar surface area (TPSA) is 101 Å². The van der Waals surface area contributed by atoms with Gasteiger partial charge in [0.1, 0.15) is 0 Å². The first-order chi connectivity index (χ1) is 12.0. The summed E-state index contributed by atoms with van der Waals surface area (Å²) in [5.74, 6) is -0.407. The Kier molecular flexibility index (Phi) is 6.63. The Morgan fingerprint density at radius 2 is 1.73 bits per heavy atom. The minimum atomic E-state index is -3.64. The van der Waals surface area contributed by atoms with Gasteiger partial charge < -0.3 is 11.1 Å². The summed E-state index contributed by atoms with van der Waals surface area (Å²) in [4.78, 5) is 12.5. The van der Waals surface area contributed by atoms with Crippen LogP contribution in [0.25, 0.3) is 0 Å². The number of amides is 1. The minimum Gasteiger partial charge on any atom is -0.397 e. The highest BCUT2D eigenvalue weighted by molar-refractivity contribution is 7.89. The summed E-state index contributed by atoms with van der Waals surface area (Å²) < 4.78 is 27.7. The molecule has 1 aliphatic carbocycles. The van der Waals surface area contributed by atoms with Crippen molar-refractivity contribution in [2.24, 2.45) is 0 Å². The number of sulfonamides is 1. The van der Waals surface area contributed by atoms with Gasteiger partial charge >= 0.3 is 0 Å². The predicted octanol–water partition coefficient (Wildman–Crippen LogP) is 3.16. The number of carbonyl (C=O) groups excluding carboxylic acids is 1. The SMILES string of the molecule is Cl.Nc1ccccc1NC(=O)c1cccc(S(=O)(=O)NC2CCCC2)c1. The second-order valence-electron chi connectivity index (χ2n) is 6.17. The molecule has 1 aliphatic rings. The second kappa shape index (κ2) is 8.53. The third-order valence-electron chi connectivity index (χ3n) is 4.29. The first-order valence-corrected chi connectivity index (χ1v) is 9.72. The first kappa shape index (κ1) is 20.2. The maximum absolute atomic E-state index is 12.5. The van der Waals surface area contributed by atoms with E-state index in [0.29, 0.717) is 11.4 Å². The van der Waals surface area contributed by atoms with Crippen LogP contribution in [0.15, 0.2) is 53.4 Å². The predicted molar refractivity (Wildman–Crippen MR) is 105 cm³/mol. The zero-order chi connectivity index (χ0) is 17.9. The molecule has 26 heavy (non-hydrogen) atoms. The number of para-hydroxylation sites is 2. The molecule has 140 valence electrons. The molecular formula is C18H22ClN3O3S. The number of nitrogens with two attached hydrogens (primary N) is 1. The summed E-state index contributed by atoms with van der Waals surface area (Å²) in [5.41, 5.74) is 7.02. The Balaban J connectivity index is 0.00000243. The molecule has 0 atom stereocenters. The van der Waals surface area contributed by atoms with Crippen LogP contribution in [0.1, 0.15) is 36.0 Å². The van der Waals surface area contributed by atoms with Crippen LogP contribution in [0.2, 0.25) is 0 Å². The number of hydrogen-bond donors (Lipinski definition) is 3. The highest BCUT2D eigenvalue weighted by Crippen LogP contribution is 2.22. The fraction of sp³-hybridized carbons (Fsp3) is 0.278. The van der Waals surface area contributed by atoms with E-state index in [-0.39, 0.29) is 28.9 Å². The maximum Gasteiger partial charge on any atom is 0.255 e. The van der Waals surface area contributed by atoms with Gasteiger partial charge in [0.05, 0.1) is 16.3 Å². The van der Waals surface area contributed by atoms with Crippen molar-refractivity contribution in [2.45, 2.75) is 36.6 Å². The Morgan fingerprint density at radius 3 is 2.42 bits per heavy atom. The van der Waals surface area contributed by atoms with Crippen molar-refractivity contribution in [3.8, 4) is 0 Å². The maximum atomic E-state index is 12.5. The smallest absolute Gasteiger partial charge is 0.255 e. The minimum absolute atomic E-state index is 0. The van der Waals surface area contributed by atoms with E-state index in [1.54, 1.807) is 36.4 Å². The second-order valence-corrected chi connectivity index (χ2v) is 7.89. The molecule has 0 bridgehead atoms. The fourth-order valence-corrected chi connectivity index (χ4v) is 4.29. The Labute approximate surface area is 159 Å². The van der Waals surface area contributed by atoms with Crippen LogP contribution in [0.3, 0.4) is 0 Å². The third kappa shape index (κ3) is 4.75. The zero-order valence-electron chi connectivity index (χ0n) is 14.1. The number of rotatable bonds is 5. The number of anilines is 2. The van der Waals surface area contributed by atoms with E-state index in [0.717, 1.165) is 25.7 Å². The molecule has 2 aromatic rings. The Hall–Kier alpha value is -2.09. The van der Waals surface area contributed by atoms with Crippen molar-refractivity contribution in [1.82, 2.24) is 4.72 Å². The molecule has 0 heterocycles. The highest BCUT2D eigenvalue weighted by atomic mass is 35.5. The van der Waals surface area contributed by atoms with E-state index >= 15 is 0 Å². The van der Waals surface area contributed by atoms with Crippen LogP contribution in [-0.2, 0) is 10.0 Å². The van der Waals surface area contributed by atoms with Gasteiger partial charge in [0, 0.05) is 11.6 Å². The van der Waals surface area contributed by atoms with E-state index in [1.807, 2.05) is 0 Å². The number of benzene rings is 2. The molecule has 1 amide bonds. The van der Waals surface area contributed by atoms with Crippen LogP contribution >= 0.6 is 12.4 Å². The standard InChI is InChI=1S/C18H21N3O3S.ClH/c19-16-10-3-4-11-17(16)20-18(22)13-6-5-9-15(12-13)25(23,24)21-14-7-1-2-8-14;/h3-6,9-12,14,21H,1-2,7-8,19H2,(H,20,22);1H. The Bertz CT molecular complexity index is 881. The van der Waals surface area contributed by atoms with Crippen molar-refractivity contribution in [1.29, 1.82) is 0 Å². The molecule has 1 saturated carbocycles. The lowest BCUT2D eigenvalue weighted by Crippen LogP contribution is -2.32. The summed E-state index contributed by atoms with van der Waals surface area (Å²) in [7, 11) is -3.64. The van der Waals surface area contributed by atoms with Crippen molar-refractivity contribution in [3.63, 3.8) is 0 Å². The number of hydrogen-bond acceptors (Lipinski definition) is 4. The summed E-state index contributed by atoms with van der Waals surface area (Å²) in [6, 6.07) is 12.9. The monoisotopic (exact) mass is 395 g/mol. The van der Waals surface area contributed by atoms with E-state index in [2.05, 4.69) is 10.0 Å². The van der Waals surface area contributed by atoms with Gasteiger partial charge in [0.2, 0.25) is 10.0 Å². The molecule has 0 aliphatic heterocycles. The number of nitrogens with one attached hydrogen (secondary N) is 2. The Morgan fingerprint density at radius 1 is 1.04 bits per heavy atom. The van der Waals surface area contributed by atoms with Gasteiger partial charge in [-0.3, -0.25) is 4.79 Å². The summed E-state index contributed by atoms with van der Waals surface area (Å²) in [6.07, 6.45) is 3.78. The molecule has 0 unspecified atom stereocenters. The van der Waals surface area contributed by atoms with Gasteiger partial charge in [0.25, 0.3) is 5.91 Å². The average molecular weight is 396 g/mol. The number of nitrogen functional groups attached to an aromatic ring is 1. The lowest BCUT2D eigenvalue weighted by Gasteiger charge is -2.13. The van der Waals surface area contributed by atoms with Crippen LogP contribution in [0.5, 0.6) is 0 Å². The van der Waals surface area contributed by atoms with Crippen LogP contribution in [0, 0.1) is 0 Å². The van der Waals surface area contributed by atoms with Gasteiger partial charge in [0.15, 0.2) is 0 Å². The average Bonchev–Trinajstić information content (AvgIpc) is 3.09. The van der Waals surface area contributed by atoms with Gasteiger partial charge in [-0.25, -0.2) is 13.1 Å². The third-order valence-corrected chi connectivity index (χ3v) is 5.81. The zero-order valence-corrected chi connectivity index (χ0v) is 15.8. The normalized spacial score (nSPS) is 14.6. The van der Waals surface area contributed by atoms with Crippen LogP contribution in [-0.4, -0.2) is 20.4 Å². The van der Waals surface area contributed by atoms with E-state index in [1.165, 1.54) is 12.1 Å². The molecule has 2 aromatic carbocycles. The molecule has 0 radical (unpaired) electrons. The molecule has 8 heteroatoms. The van der Waals surface area contributed by atoms with E-state index in [4.69, 9.17) is 5.73 Å². The van der Waals surface area contributed by atoms with Gasteiger partial charge in [-0.15, -0.1) is 12.4 Å². The molecule has 1 fully saturated rings. The van der Waals surface area contributed by atoms with E-state index < -0.39 is 15.9 Å². The molecule has 3 rings (SSSR count). The van der Waals surface area contributed by atoms with Crippen LogP contribution in [0.4, 0.5) is 11.4 Å². The fourth-order valence-electron chi connectivity index (χ4n) is 2.94. The number of carbonyl (C=O) groups is 1. The molecule has 0 aromatic heterocycles. The van der Waals surface area contributed by atoms with Gasteiger partial charge in [-0.2, -0.15) is 0 Å².